The average Bonchev–Trinajstić information content (AvgIpc) is 2.26. The van der Waals surface area contributed by atoms with E-state index in [1.165, 1.54) is 19.0 Å². The van der Waals surface area contributed by atoms with Gasteiger partial charge < -0.3 is 15.3 Å². The smallest absolute Gasteiger partial charge is 0.331 e. The first kappa shape index (κ1) is 13.3. The number of nitrogens with zero attached hydrogens (tertiary/aromatic N) is 1. The predicted molar refractivity (Wildman–Crippen MR) is 64.0 cm³/mol. The molecule has 2 amide bonds. The molecule has 0 bridgehead atoms. The van der Waals surface area contributed by atoms with Crippen LogP contribution in [0.5, 0.6) is 0 Å². The summed E-state index contributed by atoms with van der Waals surface area (Å²) in [6.07, 6.45) is 0. The highest BCUT2D eigenvalue weighted by Gasteiger charge is 2.24. The molecule has 1 aromatic carbocycles. The summed E-state index contributed by atoms with van der Waals surface area (Å²) in [5, 5.41) is 11.8. The molecule has 6 heteroatoms. The predicted octanol–water partition coefficient (Wildman–Crippen LogP) is 1.74. The van der Waals surface area contributed by atoms with E-state index < -0.39 is 18.0 Å². The van der Waals surface area contributed by atoms with Crippen LogP contribution in [0.4, 0.5) is 4.79 Å². The topological polar surface area (TPSA) is 69.6 Å². The monoisotopic (exact) mass is 256 g/mol. The maximum atomic E-state index is 11.5. The Hall–Kier alpha value is -1.75. The Bertz CT molecular complexity index is 434. The van der Waals surface area contributed by atoms with E-state index in [9.17, 15) is 9.59 Å². The standard InChI is InChI=1S/C11H13ClN2O3/c1-14(2)11(17)13-9(10(15)16)7-5-3-4-6-8(7)12/h3-6,9H,1-2H3,(H,13,17)(H,15,16)/t9-/m1/s1. The van der Waals surface area contributed by atoms with Gasteiger partial charge in [0, 0.05) is 24.7 Å². The summed E-state index contributed by atoms with van der Waals surface area (Å²) < 4.78 is 0. The van der Waals surface area contributed by atoms with Crippen LogP contribution in [0.25, 0.3) is 0 Å². The number of aliphatic carboxylic acids is 1. The number of carbonyl (C=O) groups excluding carboxylic acids is 1. The molecular formula is C11H13ClN2O3. The summed E-state index contributed by atoms with van der Waals surface area (Å²) >= 11 is 5.90. The van der Waals surface area contributed by atoms with E-state index in [0.717, 1.165) is 0 Å². The van der Waals surface area contributed by atoms with Crippen molar-refractivity contribution in [1.82, 2.24) is 10.2 Å². The summed E-state index contributed by atoms with van der Waals surface area (Å²) in [6.45, 7) is 0. The van der Waals surface area contributed by atoms with Gasteiger partial charge in [0.25, 0.3) is 0 Å². The fraction of sp³-hybridized carbons (Fsp3) is 0.273. The number of urea groups is 1. The molecule has 0 saturated carbocycles. The quantitative estimate of drug-likeness (QED) is 0.865. The van der Waals surface area contributed by atoms with Crippen molar-refractivity contribution >= 4 is 23.6 Å². The summed E-state index contributed by atoms with van der Waals surface area (Å²) in [4.78, 5) is 23.8. The third-order valence-electron chi connectivity index (χ3n) is 2.14. The van der Waals surface area contributed by atoms with Gasteiger partial charge in [-0.25, -0.2) is 9.59 Å². The Labute approximate surface area is 104 Å². The third kappa shape index (κ3) is 3.35. The molecule has 0 aliphatic rings. The van der Waals surface area contributed by atoms with Gasteiger partial charge in [0.1, 0.15) is 0 Å². The lowest BCUT2D eigenvalue weighted by molar-refractivity contribution is -0.139. The molecule has 0 spiro atoms. The van der Waals surface area contributed by atoms with Crippen LogP contribution in [0.3, 0.4) is 0 Å². The molecule has 1 atom stereocenters. The third-order valence-corrected chi connectivity index (χ3v) is 2.48. The fourth-order valence-corrected chi connectivity index (χ4v) is 1.48. The Morgan fingerprint density at radius 2 is 1.94 bits per heavy atom. The van der Waals surface area contributed by atoms with Gasteiger partial charge in [-0.15, -0.1) is 0 Å². The van der Waals surface area contributed by atoms with Crippen molar-refractivity contribution in [3.63, 3.8) is 0 Å². The average molecular weight is 257 g/mol. The largest absolute Gasteiger partial charge is 0.479 e. The highest BCUT2D eigenvalue weighted by Crippen LogP contribution is 2.22. The second kappa shape index (κ2) is 5.54. The number of nitrogens with one attached hydrogen (secondary N) is 1. The van der Waals surface area contributed by atoms with Crippen LogP contribution < -0.4 is 5.32 Å². The van der Waals surface area contributed by atoms with Crippen LogP contribution in [0, 0.1) is 0 Å². The maximum Gasteiger partial charge on any atom is 0.331 e. The lowest BCUT2D eigenvalue weighted by atomic mass is 10.1. The second-order valence-corrected chi connectivity index (χ2v) is 4.04. The van der Waals surface area contributed by atoms with Crippen molar-refractivity contribution in [2.24, 2.45) is 0 Å². The fourth-order valence-electron chi connectivity index (χ4n) is 1.23. The van der Waals surface area contributed by atoms with Gasteiger partial charge in [0.2, 0.25) is 0 Å². The SMILES string of the molecule is CN(C)C(=O)N[C@@H](C(=O)O)c1ccccc1Cl. The number of carboxylic acid groups (broad SMARTS) is 1. The van der Waals surface area contributed by atoms with Gasteiger partial charge >= 0.3 is 12.0 Å². The zero-order valence-electron chi connectivity index (χ0n) is 9.48. The lowest BCUT2D eigenvalue weighted by Gasteiger charge is -2.19. The minimum atomic E-state index is -1.16. The van der Waals surface area contributed by atoms with Gasteiger partial charge in [0.15, 0.2) is 6.04 Å². The minimum Gasteiger partial charge on any atom is -0.479 e. The molecule has 0 aromatic heterocycles. The summed E-state index contributed by atoms with van der Waals surface area (Å²) in [5.74, 6) is -1.16. The van der Waals surface area contributed by atoms with Crippen molar-refractivity contribution in [3.05, 3.63) is 34.9 Å². The zero-order chi connectivity index (χ0) is 13.0. The first-order valence-electron chi connectivity index (χ1n) is 4.88. The van der Waals surface area contributed by atoms with Crippen molar-refractivity contribution in [3.8, 4) is 0 Å². The number of halogens is 1. The molecule has 92 valence electrons. The molecule has 1 aromatic rings. The molecule has 0 radical (unpaired) electrons. The first-order valence-corrected chi connectivity index (χ1v) is 5.26. The molecule has 0 heterocycles. The number of hydrogen-bond acceptors (Lipinski definition) is 2. The summed E-state index contributed by atoms with van der Waals surface area (Å²) in [7, 11) is 3.06. The molecule has 17 heavy (non-hydrogen) atoms. The van der Waals surface area contributed by atoms with E-state index in [0.29, 0.717) is 10.6 Å². The van der Waals surface area contributed by atoms with Crippen LogP contribution in [0.1, 0.15) is 11.6 Å². The number of rotatable bonds is 3. The van der Waals surface area contributed by atoms with E-state index in [2.05, 4.69) is 5.32 Å². The molecular weight excluding hydrogens is 244 g/mol. The molecule has 2 N–H and O–H groups in total. The van der Waals surface area contributed by atoms with Crippen molar-refractivity contribution in [2.45, 2.75) is 6.04 Å². The van der Waals surface area contributed by atoms with E-state index in [1.807, 2.05) is 0 Å². The molecule has 1 rings (SSSR count). The summed E-state index contributed by atoms with van der Waals surface area (Å²) in [6, 6.07) is 4.86. The van der Waals surface area contributed by atoms with Crippen LogP contribution in [-0.4, -0.2) is 36.1 Å². The minimum absolute atomic E-state index is 0.305. The molecule has 0 aliphatic carbocycles. The molecule has 0 unspecified atom stereocenters. The molecule has 0 fully saturated rings. The van der Waals surface area contributed by atoms with Crippen LogP contribution >= 0.6 is 11.6 Å². The van der Waals surface area contributed by atoms with Crippen LogP contribution in [-0.2, 0) is 4.79 Å². The van der Waals surface area contributed by atoms with E-state index in [1.54, 1.807) is 24.3 Å². The summed E-state index contributed by atoms with van der Waals surface area (Å²) in [5.41, 5.74) is 0.358. The van der Waals surface area contributed by atoms with Crippen molar-refractivity contribution in [1.29, 1.82) is 0 Å². The Kier molecular flexibility index (Phi) is 4.34. The highest BCUT2D eigenvalue weighted by atomic mass is 35.5. The van der Waals surface area contributed by atoms with Crippen molar-refractivity contribution in [2.75, 3.05) is 14.1 Å². The highest BCUT2D eigenvalue weighted by molar-refractivity contribution is 6.31. The molecule has 0 saturated heterocycles. The van der Waals surface area contributed by atoms with Gasteiger partial charge in [0.05, 0.1) is 0 Å². The van der Waals surface area contributed by atoms with E-state index in [4.69, 9.17) is 16.7 Å². The zero-order valence-corrected chi connectivity index (χ0v) is 10.2. The normalized spacial score (nSPS) is 11.7. The van der Waals surface area contributed by atoms with Crippen LogP contribution in [0.2, 0.25) is 5.02 Å². The Morgan fingerprint density at radius 1 is 1.35 bits per heavy atom. The van der Waals surface area contributed by atoms with Gasteiger partial charge in [-0.2, -0.15) is 0 Å². The number of carbonyl (C=O) groups is 2. The van der Waals surface area contributed by atoms with Crippen LogP contribution in [0.15, 0.2) is 24.3 Å². The number of carboxylic acids is 1. The Balaban J connectivity index is 2.99. The lowest BCUT2D eigenvalue weighted by Crippen LogP contribution is -2.40. The van der Waals surface area contributed by atoms with Gasteiger partial charge in [-0.1, -0.05) is 29.8 Å². The Morgan fingerprint density at radius 3 is 2.41 bits per heavy atom. The van der Waals surface area contributed by atoms with Gasteiger partial charge in [-0.3, -0.25) is 0 Å². The van der Waals surface area contributed by atoms with E-state index in [-0.39, 0.29) is 0 Å². The number of amides is 2. The maximum absolute atomic E-state index is 11.5. The number of benzene rings is 1. The number of hydrogen-bond donors (Lipinski definition) is 2. The van der Waals surface area contributed by atoms with E-state index >= 15 is 0 Å². The molecule has 0 aliphatic heterocycles. The first-order chi connectivity index (χ1) is 7.93. The second-order valence-electron chi connectivity index (χ2n) is 3.64. The van der Waals surface area contributed by atoms with Gasteiger partial charge in [-0.05, 0) is 6.07 Å². The van der Waals surface area contributed by atoms with Crippen molar-refractivity contribution < 1.29 is 14.7 Å². The molecule has 5 nitrogen and oxygen atoms in total.